The molecule has 0 amide bonds. The SMILES string of the molecule is CC(C)C1CCN(C2CCC(C=O)CC2)CC1.CN1CCC2(CC1)C[N-]C2.[K+]. The van der Waals surface area contributed by atoms with Crippen molar-refractivity contribution in [2.75, 3.05) is 46.3 Å². The van der Waals surface area contributed by atoms with Gasteiger partial charge in [0.15, 0.2) is 0 Å². The van der Waals surface area contributed by atoms with Crippen LogP contribution in [0.3, 0.4) is 0 Å². The molecule has 0 radical (unpaired) electrons. The molecular weight excluding hydrogens is 373 g/mol. The van der Waals surface area contributed by atoms with Crippen LogP contribution in [0.4, 0.5) is 0 Å². The monoisotopic (exact) mass is 415 g/mol. The van der Waals surface area contributed by atoms with Gasteiger partial charge in [0.1, 0.15) is 6.29 Å². The van der Waals surface area contributed by atoms with E-state index >= 15 is 0 Å². The van der Waals surface area contributed by atoms with Gasteiger partial charge in [0.05, 0.1) is 0 Å². The molecular formula is C23H42KN3O. The molecule has 0 bridgehead atoms. The average Bonchev–Trinajstić information content (AvgIpc) is 2.68. The topological polar surface area (TPSA) is 37.7 Å². The van der Waals surface area contributed by atoms with E-state index in [1.165, 1.54) is 71.0 Å². The van der Waals surface area contributed by atoms with E-state index in [1.807, 2.05) is 0 Å². The van der Waals surface area contributed by atoms with Crippen LogP contribution in [0.15, 0.2) is 0 Å². The third kappa shape index (κ3) is 7.12. The van der Waals surface area contributed by atoms with Crippen LogP contribution in [0.1, 0.15) is 65.2 Å². The Morgan fingerprint density at radius 1 is 0.929 bits per heavy atom. The van der Waals surface area contributed by atoms with E-state index in [1.54, 1.807) is 0 Å². The fraction of sp³-hybridized carbons (Fsp3) is 0.957. The molecule has 156 valence electrons. The second-order valence-corrected chi connectivity index (χ2v) is 10.2. The van der Waals surface area contributed by atoms with Gasteiger partial charge in [-0.3, -0.25) is 0 Å². The molecule has 0 atom stereocenters. The molecule has 4 aliphatic rings. The molecule has 28 heavy (non-hydrogen) atoms. The first kappa shape index (κ1) is 25.4. The van der Waals surface area contributed by atoms with Gasteiger partial charge in [0, 0.05) is 12.0 Å². The minimum Gasteiger partial charge on any atom is -0.661 e. The Hall–Kier alpha value is 1.19. The largest absolute Gasteiger partial charge is 1.00 e. The summed E-state index contributed by atoms with van der Waals surface area (Å²) in [6.07, 6.45) is 11.4. The number of likely N-dealkylation sites (tertiary alicyclic amines) is 2. The zero-order chi connectivity index (χ0) is 19.3. The van der Waals surface area contributed by atoms with Crippen LogP contribution in [0.5, 0.6) is 0 Å². The van der Waals surface area contributed by atoms with Crippen molar-refractivity contribution in [3.05, 3.63) is 5.32 Å². The van der Waals surface area contributed by atoms with E-state index in [0.29, 0.717) is 11.3 Å². The molecule has 3 saturated heterocycles. The number of hydrogen-bond donors (Lipinski definition) is 0. The molecule has 0 unspecified atom stereocenters. The summed E-state index contributed by atoms with van der Waals surface area (Å²) in [5, 5.41) is 4.30. The Morgan fingerprint density at radius 3 is 1.93 bits per heavy atom. The van der Waals surface area contributed by atoms with Gasteiger partial charge in [-0.1, -0.05) is 19.3 Å². The van der Waals surface area contributed by atoms with Gasteiger partial charge in [-0.25, -0.2) is 0 Å². The molecule has 4 nitrogen and oxygen atoms in total. The van der Waals surface area contributed by atoms with Gasteiger partial charge in [-0.05, 0) is 96.4 Å². The maximum Gasteiger partial charge on any atom is 1.00 e. The van der Waals surface area contributed by atoms with Crippen LogP contribution in [0.2, 0.25) is 0 Å². The first-order valence-corrected chi connectivity index (χ1v) is 11.5. The molecule has 4 rings (SSSR count). The zero-order valence-corrected chi connectivity index (χ0v) is 22.2. The van der Waals surface area contributed by atoms with Crippen LogP contribution < -0.4 is 51.4 Å². The number of hydrogen-bond acceptors (Lipinski definition) is 3. The van der Waals surface area contributed by atoms with E-state index in [4.69, 9.17) is 0 Å². The van der Waals surface area contributed by atoms with Gasteiger partial charge in [0.25, 0.3) is 0 Å². The third-order valence-corrected chi connectivity index (χ3v) is 7.91. The fourth-order valence-electron chi connectivity index (χ4n) is 5.39. The predicted molar refractivity (Wildman–Crippen MR) is 113 cm³/mol. The Morgan fingerprint density at radius 2 is 1.50 bits per heavy atom. The zero-order valence-electron chi connectivity index (χ0n) is 19.0. The van der Waals surface area contributed by atoms with E-state index in [0.717, 1.165) is 43.8 Å². The van der Waals surface area contributed by atoms with Crippen molar-refractivity contribution in [3.63, 3.8) is 0 Å². The summed E-state index contributed by atoms with van der Waals surface area (Å²) in [6, 6.07) is 0.777. The van der Waals surface area contributed by atoms with E-state index in [-0.39, 0.29) is 51.4 Å². The van der Waals surface area contributed by atoms with Crippen LogP contribution in [0.25, 0.3) is 5.32 Å². The number of carbonyl (C=O) groups is 1. The van der Waals surface area contributed by atoms with E-state index in [2.05, 4.69) is 36.0 Å². The number of carbonyl (C=O) groups excluding carboxylic acids is 1. The molecule has 0 aromatic carbocycles. The van der Waals surface area contributed by atoms with Crippen molar-refractivity contribution >= 4 is 6.29 Å². The summed E-state index contributed by atoms with van der Waals surface area (Å²) in [6.45, 7) is 12.2. The smallest absolute Gasteiger partial charge is 0.661 e. The Labute approximate surface area is 216 Å². The van der Waals surface area contributed by atoms with E-state index in [9.17, 15) is 4.79 Å². The third-order valence-electron chi connectivity index (χ3n) is 7.91. The molecule has 0 aromatic rings. The normalized spacial score (nSPS) is 31.4. The van der Waals surface area contributed by atoms with Gasteiger partial charge in [0.2, 0.25) is 0 Å². The first-order valence-electron chi connectivity index (χ1n) is 11.5. The van der Waals surface area contributed by atoms with Crippen molar-refractivity contribution < 1.29 is 56.2 Å². The number of nitrogens with zero attached hydrogens (tertiary/aromatic N) is 3. The maximum absolute atomic E-state index is 10.7. The fourth-order valence-corrected chi connectivity index (χ4v) is 5.39. The molecule has 3 heterocycles. The standard InChI is InChI=1S/C15H27NO.C8H15N2.K/c1-12(2)14-7-9-16(10-8-14)15-5-3-13(11-17)4-6-15;1-10-4-2-8(3-5-10)6-9-7-8;/h11-15H,3-10H2,1-2H3;2-7H2,1H3;/q;-1;+1. The number of piperidine rings is 2. The first-order chi connectivity index (χ1) is 13.0. The van der Waals surface area contributed by atoms with Crippen molar-refractivity contribution in [2.45, 2.75) is 71.3 Å². The van der Waals surface area contributed by atoms with Crippen LogP contribution in [-0.2, 0) is 4.79 Å². The molecule has 0 N–H and O–H groups in total. The van der Waals surface area contributed by atoms with Crippen molar-refractivity contribution in [3.8, 4) is 0 Å². The molecule has 3 aliphatic heterocycles. The Balaban J connectivity index is 0.000000217. The second kappa shape index (κ2) is 12.3. The second-order valence-electron chi connectivity index (χ2n) is 10.2. The van der Waals surface area contributed by atoms with Gasteiger partial charge in [-0.15, -0.1) is 13.1 Å². The maximum atomic E-state index is 10.7. The summed E-state index contributed by atoms with van der Waals surface area (Å²) in [4.78, 5) is 15.9. The van der Waals surface area contributed by atoms with Gasteiger partial charge < -0.3 is 19.9 Å². The molecule has 1 spiro atoms. The van der Waals surface area contributed by atoms with Gasteiger partial charge >= 0.3 is 51.4 Å². The van der Waals surface area contributed by atoms with Crippen molar-refractivity contribution in [1.29, 1.82) is 0 Å². The summed E-state index contributed by atoms with van der Waals surface area (Å²) in [5.41, 5.74) is 0.673. The Kier molecular flexibility index (Phi) is 11.2. The minimum absolute atomic E-state index is 0. The summed E-state index contributed by atoms with van der Waals surface area (Å²) in [7, 11) is 2.21. The predicted octanol–water partition coefficient (Wildman–Crippen LogP) is 1.20. The minimum atomic E-state index is 0. The van der Waals surface area contributed by atoms with Crippen molar-refractivity contribution in [1.82, 2.24) is 9.80 Å². The van der Waals surface area contributed by atoms with Crippen molar-refractivity contribution in [2.24, 2.45) is 23.2 Å². The van der Waals surface area contributed by atoms with Crippen LogP contribution >= 0.6 is 0 Å². The summed E-state index contributed by atoms with van der Waals surface area (Å²) in [5.74, 6) is 2.15. The van der Waals surface area contributed by atoms with E-state index < -0.39 is 0 Å². The molecule has 5 heteroatoms. The quantitative estimate of drug-likeness (QED) is 0.513. The molecule has 4 fully saturated rings. The molecule has 1 saturated carbocycles. The summed E-state index contributed by atoms with van der Waals surface area (Å²) >= 11 is 0. The number of rotatable bonds is 3. The Bertz CT molecular complexity index is 443. The molecule has 1 aliphatic carbocycles. The van der Waals surface area contributed by atoms with Gasteiger partial charge in [-0.2, -0.15) is 0 Å². The summed E-state index contributed by atoms with van der Waals surface area (Å²) < 4.78 is 0. The average molecular weight is 416 g/mol. The van der Waals surface area contributed by atoms with Crippen LogP contribution in [-0.4, -0.2) is 68.4 Å². The number of aldehydes is 1. The van der Waals surface area contributed by atoms with Crippen LogP contribution in [0, 0.1) is 23.2 Å². The molecule has 0 aromatic heterocycles.